The highest BCUT2D eigenvalue weighted by Crippen LogP contribution is 2.28. The zero-order chi connectivity index (χ0) is 24.5. The van der Waals surface area contributed by atoms with Crippen molar-refractivity contribution in [2.24, 2.45) is 0 Å². The SMILES string of the molecule is C=C(C)COc1ccnc2c1n(-c1ccc3nccc(Br)c3n1)c(=O)n2COCC[Si](C)(C)C. The maximum Gasteiger partial charge on any atom is 0.338 e. The summed E-state index contributed by atoms with van der Waals surface area (Å²) in [6, 6.07) is 8.19. The fraction of sp³-hybridized carbons (Fsp3) is 0.333. The molecule has 0 fully saturated rings. The van der Waals surface area contributed by atoms with E-state index in [4.69, 9.17) is 14.5 Å². The van der Waals surface area contributed by atoms with E-state index in [2.05, 4.69) is 52.1 Å². The van der Waals surface area contributed by atoms with E-state index in [-0.39, 0.29) is 12.4 Å². The highest BCUT2D eigenvalue weighted by molar-refractivity contribution is 9.10. The van der Waals surface area contributed by atoms with Gasteiger partial charge in [0.15, 0.2) is 5.65 Å². The highest BCUT2D eigenvalue weighted by Gasteiger charge is 2.22. The number of fused-ring (bicyclic) bond motifs is 2. The molecule has 0 aromatic carbocycles. The van der Waals surface area contributed by atoms with E-state index in [1.54, 1.807) is 24.5 Å². The fourth-order valence-corrected chi connectivity index (χ4v) is 4.60. The summed E-state index contributed by atoms with van der Waals surface area (Å²) in [7, 11) is -1.25. The number of pyridine rings is 3. The van der Waals surface area contributed by atoms with E-state index in [9.17, 15) is 4.79 Å². The fourth-order valence-electron chi connectivity index (χ4n) is 3.43. The van der Waals surface area contributed by atoms with Crippen LogP contribution in [0.15, 0.2) is 58.1 Å². The van der Waals surface area contributed by atoms with Gasteiger partial charge in [0.05, 0.1) is 5.52 Å². The smallest absolute Gasteiger partial charge is 0.338 e. The van der Waals surface area contributed by atoms with Gasteiger partial charge in [0.2, 0.25) is 0 Å². The molecular formula is C24H28BrN5O3Si. The predicted molar refractivity (Wildman–Crippen MR) is 141 cm³/mol. The van der Waals surface area contributed by atoms with Crippen molar-refractivity contribution >= 4 is 46.2 Å². The van der Waals surface area contributed by atoms with E-state index in [0.29, 0.717) is 41.5 Å². The van der Waals surface area contributed by atoms with Gasteiger partial charge >= 0.3 is 5.69 Å². The van der Waals surface area contributed by atoms with Crippen LogP contribution < -0.4 is 10.4 Å². The molecule has 8 nitrogen and oxygen atoms in total. The number of imidazole rings is 1. The normalized spacial score (nSPS) is 11.9. The zero-order valence-electron chi connectivity index (χ0n) is 19.8. The molecule has 10 heteroatoms. The number of halogens is 1. The van der Waals surface area contributed by atoms with Crippen molar-refractivity contribution in [2.45, 2.75) is 39.3 Å². The van der Waals surface area contributed by atoms with Crippen LogP contribution >= 0.6 is 15.9 Å². The van der Waals surface area contributed by atoms with E-state index in [1.165, 1.54) is 9.13 Å². The monoisotopic (exact) mass is 541 g/mol. The Morgan fingerprint density at radius 3 is 2.65 bits per heavy atom. The summed E-state index contributed by atoms with van der Waals surface area (Å²) < 4.78 is 15.8. The summed E-state index contributed by atoms with van der Waals surface area (Å²) >= 11 is 3.53. The Morgan fingerprint density at radius 1 is 1.15 bits per heavy atom. The summed E-state index contributed by atoms with van der Waals surface area (Å²) in [5.74, 6) is 0.975. The van der Waals surface area contributed by atoms with Crippen molar-refractivity contribution < 1.29 is 9.47 Å². The largest absolute Gasteiger partial charge is 0.487 e. The molecule has 0 atom stereocenters. The standard InChI is InChI=1S/C24H28BrN5O3Si/c1-16(2)14-33-19-9-11-27-23-22(19)30(24(31)29(23)15-32-12-13-34(3,4)5)20-7-6-18-21(28-20)17(25)8-10-26-18/h6-11H,1,12-15H2,2-5H3. The summed E-state index contributed by atoms with van der Waals surface area (Å²) in [5.41, 5.74) is 2.97. The molecule has 0 aliphatic heterocycles. The minimum absolute atomic E-state index is 0.0998. The Bertz CT molecular complexity index is 1420. The lowest BCUT2D eigenvalue weighted by Crippen LogP contribution is -2.26. The van der Waals surface area contributed by atoms with Crippen LogP contribution in [0.3, 0.4) is 0 Å². The molecule has 4 aromatic heterocycles. The average Bonchev–Trinajstić information content (AvgIpc) is 3.06. The number of hydrogen-bond acceptors (Lipinski definition) is 6. The summed E-state index contributed by atoms with van der Waals surface area (Å²) in [6.07, 6.45) is 3.34. The molecule has 0 aliphatic rings. The molecule has 0 aliphatic carbocycles. The first-order valence-electron chi connectivity index (χ1n) is 11.0. The molecular weight excluding hydrogens is 514 g/mol. The molecule has 0 radical (unpaired) electrons. The molecule has 0 saturated carbocycles. The van der Waals surface area contributed by atoms with Gasteiger partial charge in [-0.3, -0.25) is 9.55 Å². The third-order valence-electron chi connectivity index (χ3n) is 5.21. The minimum Gasteiger partial charge on any atom is -0.487 e. The van der Waals surface area contributed by atoms with Crippen LogP contribution in [0.25, 0.3) is 28.0 Å². The van der Waals surface area contributed by atoms with Crippen LogP contribution in [0.2, 0.25) is 25.7 Å². The van der Waals surface area contributed by atoms with Gasteiger partial charge in [-0.15, -0.1) is 0 Å². The maximum atomic E-state index is 13.7. The highest BCUT2D eigenvalue weighted by atomic mass is 79.9. The van der Waals surface area contributed by atoms with Crippen LogP contribution in [0.1, 0.15) is 6.92 Å². The number of hydrogen-bond donors (Lipinski definition) is 0. The van der Waals surface area contributed by atoms with E-state index in [1.807, 2.05) is 19.1 Å². The molecule has 0 amide bonds. The van der Waals surface area contributed by atoms with Crippen molar-refractivity contribution in [3.05, 3.63) is 63.8 Å². The topological polar surface area (TPSA) is 84.1 Å². The van der Waals surface area contributed by atoms with Gasteiger partial charge in [-0.2, -0.15) is 0 Å². The lowest BCUT2D eigenvalue weighted by Gasteiger charge is -2.15. The molecule has 34 heavy (non-hydrogen) atoms. The molecule has 0 N–H and O–H groups in total. The summed E-state index contributed by atoms with van der Waals surface area (Å²) in [6.45, 7) is 13.7. The number of aromatic nitrogens is 5. The molecule has 0 unspecified atom stereocenters. The van der Waals surface area contributed by atoms with Gasteiger partial charge in [-0.05, 0) is 52.7 Å². The van der Waals surface area contributed by atoms with Crippen LogP contribution in [-0.4, -0.2) is 45.4 Å². The van der Waals surface area contributed by atoms with Gasteiger partial charge in [0.25, 0.3) is 0 Å². The first-order valence-corrected chi connectivity index (χ1v) is 15.5. The van der Waals surface area contributed by atoms with Crippen LogP contribution in [0.5, 0.6) is 5.75 Å². The Labute approximate surface area is 207 Å². The van der Waals surface area contributed by atoms with Gasteiger partial charge in [-0.1, -0.05) is 26.2 Å². The van der Waals surface area contributed by atoms with Crippen molar-refractivity contribution in [3.8, 4) is 11.6 Å². The lowest BCUT2D eigenvalue weighted by molar-refractivity contribution is 0.0871. The number of ether oxygens (including phenoxy) is 2. The third-order valence-corrected chi connectivity index (χ3v) is 7.55. The van der Waals surface area contributed by atoms with Gasteiger partial charge in [0, 0.05) is 37.6 Å². The van der Waals surface area contributed by atoms with E-state index < -0.39 is 8.07 Å². The minimum atomic E-state index is -1.25. The first kappa shape index (κ1) is 24.3. The zero-order valence-corrected chi connectivity index (χ0v) is 22.4. The molecule has 4 rings (SSSR count). The van der Waals surface area contributed by atoms with Crippen molar-refractivity contribution in [3.63, 3.8) is 0 Å². The second-order valence-electron chi connectivity index (χ2n) is 9.45. The number of nitrogens with zero attached hydrogens (tertiary/aromatic N) is 5. The van der Waals surface area contributed by atoms with Gasteiger partial charge in [0.1, 0.15) is 35.9 Å². The lowest BCUT2D eigenvalue weighted by atomic mass is 10.3. The van der Waals surface area contributed by atoms with Crippen molar-refractivity contribution in [1.82, 2.24) is 24.1 Å². The second-order valence-corrected chi connectivity index (χ2v) is 15.9. The maximum absolute atomic E-state index is 13.7. The number of rotatable bonds is 9. The van der Waals surface area contributed by atoms with Crippen LogP contribution in [0, 0.1) is 0 Å². The summed E-state index contributed by atoms with van der Waals surface area (Å²) in [5, 5.41) is 0. The molecule has 4 heterocycles. The Hall–Kier alpha value is -2.82. The average molecular weight is 543 g/mol. The van der Waals surface area contributed by atoms with Crippen LogP contribution in [-0.2, 0) is 11.5 Å². The molecule has 4 aromatic rings. The third kappa shape index (κ3) is 5.13. The predicted octanol–water partition coefficient (Wildman–Crippen LogP) is 5.16. The molecule has 0 saturated heterocycles. The van der Waals surface area contributed by atoms with E-state index >= 15 is 0 Å². The Balaban J connectivity index is 1.85. The van der Waals surface area contributed by atoms with Crippen molar-refractivity contribution in [2.75, 3.05) is 13.2 Å². The van der Waals surface area contributed by atoms with Gasteiger partial charge in [-0.25, -0.2) is 19.3 Å². The van der Waals surface area contributed by atoms with Crippen molar-refractivity contribution in [1.29, 1.82) is 0 Å². The van der Waals surface area contributed by atoms with Gasteiger partial charge < -0.3 is 9.47 Å². The molecule has 0 bridgehead atoms. The first-order chi connectivity index (χ1) is 16.2. The molecule has 0 spiro atoms. The second kappa shape index (κ2) is 9.81. The van der Waals surface area contributed by atoms with E-state index in [0.717, 1.165) is 21.6 Å². The van der Waals surface area contributed by atoms with Crippen LogP contribution in [0.4, 0.5) is 0 Å². The Morgan fingerprint density at radius 2 is 1.91 bits per heavy atom. The molecule has 178 valence electrons. The summed E-state index contributed by atoms with van der Waals surface area (Å²) in [4.78, 5) is 27.3. The Kier molecular flexibility index (Phi) is 7.01. The quantitative estimate of drug-likeness (QED) is 0.165.